The molecule has 0 aromatic carbocycles. The topological polar surface area (TPSA) is 89.5 Å². The predicted octanol–water partition coefficient (Wildman–Crippen LogP) is -0.373. The summed E-state index contributed by atoms with van der Waals surface area (Å²) in [6.45, 7) is 3.15. The van der Waals surface area contributed by atoms with Gasteiger partial charge in [0, 0.05) is 0 Å². The van der Waals surface area contributed by atoms with Crippen molar-refractivity contribution in [2.45, 2.75) is 45.1 Å². The molecule has 1 N–H and O–H groups in total. The van der Waals surface area contributed by atoms with Crippen LogP contribution in [0.1, 0.15) is 39.5 Å². The minimum Gasteiger partial charge on any atom is -0.548 e. The van der Waals surface area contributed by atoms with Gasteiger partial charge in [0.15, 0.2) is 0 Å². The van der Waals surface area contributed by atoms with Crippen LogP contribution in [0.25, 0.3) is 0 Å². The van der Waals surface area contributed by atoms with Crippen molar-refractivity contribution in [1.29, 1.82) is 0 Å². The number of rotatable bonds is 6. The Morgan fingerprint density at radius 3 is 2.24 bits per heavy atom. The second kappa shape index (κ2) is 5.16. The Bertz CT molecular complexity index is 334. The highest BCUT2D eigenvalue weighted by Crippen LogP contribution is 2.27. The highest BCUT2D eigenvalue weighted by molar-refractivity contribution is 6.08. The van der Waals surface area contributed by atoms with E-state index in [2.05, 4.69) is 5.32 Å². The number of urea groups is 1. The van der Waals surface area contributed by atoms with Crippen molar-refractivity contribution in [2.75, 3.05) is 6.54 Å². The molecule has 0 saturated carbocycles. The minimum absolute atomic E-state index is 0.449. The van der Waals surface area contributed by atoms with E-state index in [-0.39, 0.29) is 0 Å². The van der Waals surface area contributed by atoms with Gasteiger partial charge in [-0.15, -0.1) is 0 Å². The zero-order valence-corrected chi connectivity index (χ0v) is 10.1. The Morgan fingerprint density at radius 1 is 1.29 bits per heavy atom. The summed E-state index contributed by atoms with van der Waals surface area (Å²) in [7, 11) is 0. The van der Waals surface area contributed by atoms with E-state index in [9.17, 15) is 19.5 Å². The summed E-state index contributed by atoms with van der Waals surface area (Å²) in [6.07, 6.45) is 2.53. The van der Waals surface area contributed by atoms with Crippen molar-refractivity contribution in [3.63, 3.8) is 0 Å². The molecule has 6 nitrogen and oxygen atoms in total. The van der Waals surface area contributed by atoms with Crippen LogP contribution in [-0.4, -0.2) is 34.9 Å². The highest BCUT2D eigenvalue weighted by Gasteiger charge is 2.49. The van der Waals surface area contributed by atoms with Crippen LogP contribution < -0.4 is 10.4 Å². The van der Waals surface area contributed by atoms with Gasteiger partial charge in [-0.2, -0.15) is 0 Å². The van der Waals surface area contributed by atoms with Crippen molar-refractivity contribution in [3.8, 4) is 0 Å². The average Bonchev–Trinajstić information content (AvgIpc) is 2.44. The third-order valence-electron chi connectivity index (χ3n) is 2.89. The number of imide groups is 1. The number of aliphatic carboxylic acids is 1. The number of nitrogens with zero attached hydrogens (tertiary/aromatic N) is 1. The average molecular weight is 241 g/mol. The first kappa shape index (κ1) is 13.5. The van der Waals surface area contributed by atoms with Crippen molar-refractivity contribution in [1.82, 2.24) is 10.2 Å². The SMILES string of the molecule is CCCC1(CCC)NC(=O)N(CC(=O)[O-])C1=O. The molecule has 0 aliphatic carbocycles. The summed E-state index contributed by atoms with van der Waals surface area (Å²) in [5.41, 5.74) is -0.921. The highest BCUT2D eigenvalue weighted by atomic mass is 16.4. The smallest absolute Gasteiger partial charge is 0.325 e. The summed E-state index contributed by atoms with van der Waals surface area (Å²) >= 11 is 0. The molecule has 1 aliphatic heterocycles. The number of carboxylic acid groups (broad SMARTS) is 1. The van der Waals surface area contributed by atoms with Gasteiger partial charge in [0.2, 0.25) is 0 Å². The van der Waals surface area contributed by atoms with Crippen LogP contribution in [0.2, 0.25) is 0 Å². The largest absolute Gasteiger partial charge is 0.548 e. The third-order valence-corrected chi connectivity index (χ3v) is 2.89. The molecule has 17 heavy (non-hydrogen) atoms. The Kier molecular flexibility index (Phi) is 4.09. The van der Waals surface area contributed by atoms with Gasteiger partial charge in [0.05, 0.1) is 12.5 Å². The van der Waals surface area contributed by atoms with Gasteiger partial charge >= 0.3 is 6.03 Å². The number of amides is 3. The van der Waals surface area contributed by atoms with E-state index in [0.29, 0.717) is 12.8 Å². The summed E-state index contributed by atoms with van der Waals surface area (Å²) in [5.74, 6) is -1.88. The maximum absolute atomic E-state index is 12.1. The molecule has 96 valence electrons. The van der Waals surface area contributed by atoms with Gasteiger partial charge in [-0.1, -0.05) is 26.7 Å². The molecule has 0 aromatic rings. The Hall–Kier alpha value is -1.59. The summed E-state index contributed by atoms with van der Waals surface area (Å²) < 4.78 is 0. The fraction of sp³-hybridized carbons (Fsp3) is 0.727. The molecule has 0 aromatic heterocycles. The number of carbonyl (C=O) groups excluding carboxylic acids is 3. The van der Waals surface area contributed by atoms with E-state index in [4.69, 9.17) is 0 Å². The number of hydrogen-bond acceptors (Lipinski definition) is 4. The fourth-order valence-corrected chi connectivity index (χ4v) is 2.27. The zero-order valence-electron chi connectivity index (χ0n) is 10.1. The van der Waals surface area contributed by atoms with Crippen LogP contribution in [-0.2, 0) is 9.59 Å². The van der Waals surface area contributed by atoms with E-state index in [0.717, 1.165) is 17.7 Å². The molecular weight excluding hydrogens is 224 g/mol. The normalized spacial score (nSPS) is 18.4. The number of carbonyl (C=O) groups is 3. The van der Waals surface area contributed by atoms with E-state index in [1.165, 1.54) is 0 Å². The van der Waals surface area contributed by atoms with Gasteiger partial charge in [0.1, 0.15) is 5.54 Å². The Morgan fingerprint density at radius 2 is 1.82 bits per heavy atom. The predicted molar refractivity (Wildman–Crippen MR) is 57.8 cm³/mol. The fourth-order valence-electron chi connectivity index (χ4n) is 2.27. The van der Waals surface area contributed by atoms with Crippen LogP contribution in [0.4, 0.5) is 4.79 Å². The lowest BCUT2D eigenvalue weighted by Gasteiger charge is -2.25. The summed E-state index contributed by atoms with van der Waals surface area (Å²) in [6, 6.07) is -0.638. The standard InChI is InChI=1S/C11H18N2O4/c1-3-5-11(6-4-2)9(16)13(7-8(14)15)10(17)12-11/h3-7H2,1-2H3,(H,12,17)(H,14,15)/p-1. The molecule has 3 amide bonds. The quantitative estimate of drug-likeness (QED) is 0.642. The van der Waals surface area contributed by atoms with Gasteiger partial charge in [-0.3, -0.25) is 9.69 Å². The maximum atomic E-state index is 12.1. The molecule has 6 heteroatoms. The van der Waals surface area contributed by atoms with Crippen LogP contribution in [0, 0.1) is 0 Å². The maximum Gasteiger partial charge on any atom is 0.325 e. The van der Waals surface area contributed by atoms with Gasteiger partial charge in [-0.25, -0.2) is 4.79 Å². The monoisotopic (exact) mass is 241 g/mol. The zero-order chi connectivity index (χ0) is 13.1. The first-order valence-electron chi connectivity index (χ1n) is 5.80. The van der Waals surface area contributed by atoms with Crippen molar-refractivity contribution in [2.24, 2.45) is 0 Å². The minimum atomic E-state index is -1.43. The molecule has 0 atom stereocenters. The lowest BCUT2D eigenvalue weighted by molar-refractivity contribution is -0.305. The molecule has 1 heterocycles. The number of carboxylic acids is 1. The second-order valence-corrected chi connectivity index (χ2v) is 4.28. The molecule has 0 bridgehead atoms. The van der Waals surface area contributed by atoms with Crippen molar-refractivity contribution >= 4 is 17.9 Å². The molecule has 0 unspecified atom stereocenters. The Balaban J connectivity index is 2.92. The van der Waals surface area contributed by atoms with Crippen molar-refractivity contribution in [3.05, 3.63) is 0 Å². The summed E-state index contributed by atoms with van der Waals surface area (Å²) in [4.78, 5) is 34.9. The lowest BCUT2D eigenvalue weighted by atomic mass is 9.88. The molecule has 1 fully saturated rings. The Labute approximate surface area is 100.0 Å². The first-order chi connectivity index (χ1) is 7.96. The van der Waals surface area contributed by atoms with E-state index in [1.807, 2.05) is 13.8 Å². The van der Waals surface area contributed by atoms with E-state index >= 15 is 0 Å². The molecule has 0 radical (unpaired) electrons. The molecule has 0 spiro atoms. The van der Waals surface area contributed by atoms with Gasteiger partial charge < -0.3 is 15.2 Å². The van der Waals surface area contributed by atoms with Crippen LogP contribution >= 0.6 is 0 Å². The van der Waals surface area contributed by atoms with Gasteiger partial charge in [-0.05, 0) is 12.8 Å². The molecular formula is C11H17N2O4-. The third kappa shape index (κ3) is 2.57. The lowest BCUT2D eigenvalue weighted by Crippen LogP contribution is -2.47. The summed E-state index contributed by atoms with van der Waals surface area (Å²) in [5, 5.41) is 13.1. The molecule has 1 saturated heterocycles. The van der Waals surface area contributed by atoms with Gasteiger partial charge in [0.25, 0.3) is 5.91 Å². The van der Waals surface area contributed by atoms with Crippen LogP contribution in [0.3, 0.4) is 0 Å². The van der Waals surface area contributed by atoms with Crippen LogP contribution in [0.15, 0.2) is 0 Å². The number of nitrogens with one attached hydrogen (secondary N) is 1. The van der Waals surface area contributed by atoms with Crippen molar-refractivity contribution < 1.29 is 19.5 Å². The van der Waals surface area contributed by atoms with E-state index < -0.39 is 30.0 Å². The molecule has 1 rings (SSSR count). The van der Waals surface area contributed by atoms with E-state index in [1.54, 1.807) is 0 Å². The molecule has 1 aliphatic rings. The number of hydrogen-bond donors (Lipinski definition) is 1. The van der Waals surface area contributed by atoms with Crippen LogP contribution in [0.5, 0.6) is 0 Å². The second-order valence-electron chi connectivity index (χ2n) is 4.28. The first-order valence-corrected chi connectivity index (χ1v) is 5.80.